The molecule has 1 saturated heterocycles. The summed E-state index contributed by atoms with van der Waals surface area (Å²) in [5, 5.41) is 17.8. The van der Waals surface area contributed by atoms with E-state index in [2.05, 4.69) is 20.6 Å². The Kier molecular flexibility index (Phi) is 5.97. The molecule has 27 heavy (non-hydrogen) atoms. The van der Waals surface area contributed by atoms with Gasteiger partial charge in [0.2, 0.25) is 5.13 Å². The molecule has 1 aliphatic heterocycles. The quantitative estimate of drug-likeness (QED) is 0.564. The Morgan fingerprint density at radius 1 is 1.33 bits per heavy atom. The van der Waals surface area contributed by atoms with Crippen LogP contribution in [-0.2, 0) is 10.5 Å². The molecule has 0 bridgehead atoms. The summed E-state index contributed by atoms with van der Waals surface area (Å²) in [4.78, 5) is 0. The molecule has 3 aromatic rings. The molecule has 0 saturated carbocycles. The van der Waals surface area contributed by atoms with E-state index in [1.165, 1.54) is 0 Å². The van der Waals surface area contributed by atoms with Gasteiger partial charge < -0.3 is 10.1 Å². The summed E-state index contributed by atoms with van der Waals surface area (Å²) in [5.74, 6) is 0.706. The molecule has 3 heterocycles. The summed E-state index contributed by atoms with van der Waals surface area (Å²) in [6.45, 7) is 3.63. The second kappa shape index (κ2) is 8.60. The Labute approximate surface area is 171 Å². The third-order valence-electron chi connectivity index (χ3n) is 4.37. The molecular formula is C18H20ClN5OS2. The van der Waals surface area contributed by atoms with Gasteiger partial charge in [0, 0.05) is 24.5 Å². The number of halogens is 1. The molecule has 6 nitrogen and oxygen atoms in total. The van der Waals surface area contributed by atoms with Crippen LogP contribution in [0.2, 0.25) is 5.15 Å². The topological polar surface area (TPSA) is 64.9 Å². The van der Waals surface area contributed by atoms with Crippen LogP contribution in [0, 0.1) is 6.92 Å². The standard InChI is InChI=1S/C18H20ClN5OS2/c1-12-15(16(19)24(23-12)13-6-3-2-4-7-13)11-26-18-22-21-17(27-18)20-10-14-8-5-9-25-14/h2-4,6-7,14H,5,8-11H2,1H3,(H,20,21). The molecule has 4 rings (SSSR count). The number of anilines is 1. The van der Waals surface area contributed by atoms with Gasteiger partial charge >= 0.3 is 0 Å². The van der Waals surface area contributed by atoms with E-state index in [-0.39, 0.29) is 6.10 Å². The first kappa shape index (κ1) is 18.7. The number of para-hydroxylation sites is 1. The predicted octanol–water partition coefficient (Wildman–Crippen LogP) is 4.57. The predicted molar refractivity (Wildman–Crippen MR) is 110 cm³/mol. The highest BCUT2D eigenvalue weighted by Gasteiger charge is 2.17. The minimum absolute atomic E-state index is 0.287. The molecule has 0 amide bonds. The molecule has 142 valence electrons. The number of ether oxygens (including phenoxy) is 1. The molecule has 1 N–H and O–H groups in total. The van der Waals surface area contributed by atoms with E-state index in [1.54, 1.807) is 27.8 Å². The summed E-state index contributed by atoms with van der Waals surface area (Å²) >= 11 is 9.77. The zero-order valence-electron chi connectivity index (χ0n) is 14.9. The van der Waals surface area contributed by atoms with E-state index < -0.39 is 0 Å². The van der Waals surface area contributed by atoms with Gasteiger partial charge in [-0.1, -0.05) is 52.9 Å². The number of hydrogen-bond donors (Lipinski definition) is 1. The molecule has 0 aliphatic carbocycles. The first-order valence-corrected chi connectivity index (χ1v) is 11.0. The van der Waals surface area contributed by atoms with Crippen LogP contribution in [0.25, 0.3) is 5.69 Å². The summed E-state index contributed by atoms with van der Waals surface area (Å²) in [6, 6.07) is 9.91. The Bertz CT molecular complexity index is 893. The van der Waals surface area contributed by atoms with Gasteiger partial charge in [-0.15, -0.1) is 10.2 Å². The number of benzene rings is 1. The molecule has 2 aromatic heterocycles. The van der Waals surface area contributed by atoms with Gasteiger partial charge in [0.05, 0.1) is 17.5 Å². The first-order valence-electron chi connectivity index (χ1n) is 8.82. The van der Waals surface area contributed by atoms with Crippen LogP contribution in [0.15, 0.2) is 34.7 Å². The monoisotopic (exact) mass is 421 g/mol. The molecule has 1 aliphatic rings. The van der Waals surface area contributed by atoms with Crippen molar-refractivity contribution < 1.29 is 4.74 Å². The van der Waals surface area contributed by atoms with Gasteiger partial charge in [-0.05, 0) is 31.9 Å². The third kappa shape index (κ3) is 4.45. The van der Waals surface area contributed by atoms with Crippen molar-refractivity contribution in [2.24, 2.45) is 0 Å². The minimum atomic E-state index is 0.287. The maximum Gasteiger partial charge on any atom is 0.206 e. The third-order valence-corrected chi connectivity index (χ3v) is 6.80. The van der Waals surface area contributed by atoms with E-state index in [4.69, 9.17) is 16.3 Å². The lowest BCUT2D eigenvalue weighted by atomic mass is 10.2. The van der Waals surface area contributed by atoms with Crippen LogP contribution in [0.4, 0.5) is 5.13 Å². The summed E-state index contributed by atoms with van der Waals surface area (Å²) in [7, 11) is 0. The molecule has 1 unspecified atom stereocenters. The van der Waals surface area contributed by atoms with Crippen molar-refractivity contribution in [3.05, 3.63) is 46.7 Å². The number of rotatable bonds is 7. The maximum absolute atomic E-state index is 6.59. The van der Waals surface area contributed by atoms with E-state index >= 15 is 0 Å². The fourth-order valence-corrected chi connectivity index (χ4v) is 5.18. The average Bonchev–Trinajstić information content (AvgIpc) is 3.41. The Morgan fingerprint density at radius 3 is 2.96 bits per heavy atom. The second-order valence-electron chi connectivity index (χ2n) is 6.28. The van der Waals surface area contributed by atoms with Crippen molar-refractivity contribution in [3.63, 3.8) is 0 Å². The zero-order valence-corrected chi connectivity index (χ0v) is 17.3. The van der Waals surface area contributed by atoms with Gasteiger partial charge in [-0.2, -0.15) is 5.10 Å². The summed E-state index contributed by atoms with van der Waals surface area (Å²) in [5.41, 5.74) is 2.91. The number of aromatic nitrogens is 4. The molecular weight excluding hydrogens is 402 g/mol. The van der Waals surface area contributed by atoms with Crippen LogP contribution in [0.3, 0.4) is 0 Å². The molecule has 0 spiro atoms. The van der Waals surface area contributed by atoms with Crippen molar-refractivity contribution >= 4 is 39.8 Å². The number of nitrogens with zero attached hydrogens (tertiary/aromatic N) is 4. The fraction of sp³-hybridized carbons (Fsp3) is 0.389. The highest BCUT2D eigenvalue weighted by atomic mass is 35.5. The van der Waals surface area contributed by atoms with Gasteiger partial charge in [0.1, 0.15) is 5.15 Å². The number of aryl methyl sites for hydroxylation is 1. The van der Waals surface area contributed by atoms with Crippen molar-refractivity contribution in [3.8, 4) is 5.69 Å². The molecule has 1 aromatic carbocycles. The summed E-state index contributed by atoms with van der Waals surface area (Å²) in [6.07, 6.45) is 2.53. The summed E-state index contributed by atoms with van der Waals surface area (Å²) < 4.78 is 8.31. The average molecular weight is 422 g/mol. The normalized spacial score (nSPS) is 16.7. The maximum atomic E-state index is 6.59. The minimum Gasteiger partial charge on any atom is -0.376 e. The molecule has 1 atom stereocenters. The van der Waals surface area contributed by atoms with Crippen molar-refractivity contribution in [2.75, 3.05) is 18.5 Å². The Balaban J connectivity index is 1.38. The van der Waals surface area contributed by atoms with Gasteiger partial charge in [0.25, 0.3) is 0 Å². The lowest BCUT2D eigenvalue weighted by Gasteiger charge is -2.08. The fourth-order valence-electron chi connectivity index (χ4n) is 2.92. The lowest BCUT2D eigenvalue weighted by molar-refractivity contribution is 0.120. The van der Waals surface area contributed by atoms with Crippen LogP contribution < -0.4 is 5.32 Å². The van der Waals surface area contributed by atoms with E-state index in [0.717, 1.165) is 52.4 Å². The lowest BCUT2D eigenvalue weighted by Crippen LogP contribution is -2.18. The van der Waals surface area contributed by atoms with Gasteiger partial charge in [0.15, 0.2) is 4.34 Å². The van der Waals surface area contributed by atoms with E-state index in [9.17, 15) is 0 Å². The van der Waals surface area contributed by atoms with Crippen LogP contribution in [-0.4, -0.2) is 39.2 Å². The smallest absolute Gasteiger partial charge is 0.206 e. The molecule has 0 radical (unpaired) electrons. The van der Waals surface area contributed by atoms with Crippen molar-refractivity contribution in [1.29, 1.82) is 0 Å². The molecule has 1 fully saturated rings. The van der Waals surface area contributed by atoms with Crippen LogP contribution in [0.1, 0.15) is 24.1 Å². The van der Waals surface area contributed by atoms with Crippen LogP contribution in [0.5, 0.6) is 0 Å². The Morgan fingerprint density at radius 2 is 2.19 bits per heavy atom. The van der Waals surface area contributed by atoms with Crippen LogP contribution >= 0.6 is 34.7 Å². The highest BCUT2D eigenvalue weighted by molar-refractivity contribution is 8.00. The highest BCUT2D eigenvalue weighted by Crippen LogP contribution is 2.33. The first-order chi connectivity index (χ1) is 13.2. The van der Waals surface area contributed by atoms with E-state index in [1.807, 2.05) is 37.3 Å². The number of hydrogen-bond acceptors (Lipinski definition) is 7. The van der Waals surface area contributed by atoms with E-state index in [0.29, 0.717) is 10.9 Å². The van der Waals surface area contributed by atoms with Gasteiger partial charge in [-0.3, -0.25) is 0 Å². The largest absolute Gasteiger partial charge is 0.376 e. The zero-order chi connectivity index (χ0) is 18.6. The Hall–Kier alpha value is -1.61. The number of thioether (sulfide) groups is 1. The number of nitrogens with one attached hydrogen (secondary N) is 1. The van der Waals surface area contributed by atoms with Crippen molar-refractivity contribution in [1.82, 2.24) is 20.0 Å². The van der Waals surface area contributed by atoms with Gasteiger partial charge in [-0.25, -0.2) is 4.68 Å². The van der Waals surface area contributed by atoms with Crippen molar-refractivity contribution in [2.45, 2.75) is 36.0 Å². The molecule has 9 heteroatoms. The SMILES string of the molecule is Cc1nn(-c2ccccc2)c(Cl)c1CSc1nnc(NCC2CCCO2)s1. The second-order valence-corrected chi connectivity index (χ2v) is 8.84.